The Morgan fingerprint density at radius 1 is 1.59 bits per heavy atom. The van der Waals surface area contributed by atoms with Crippen molar-refractivity contribution in [1.29, 1.82) is 0 Å². The number of benzene rings is 1. The van der Waals surface area contributed by atoms with Gasteiger partial charge in [-0.1, -0.05) is 0 Å². The van der Waals surface area contributed by atoms with Gasteiger partial charge in [0.05, 0.1) is 15.6 Å². The summed E-state index contributed by atoms with van der Waals surface area (Å²) >= 11 is 3.21. The molecule has 9 nitrogen and oxygen atoms in total. The number of aromatic nitrogens is 2. The maximum Gasteiger partial charge on any atom is 0.311 e. The molecule has 3 N–H and O–H groups in total. The summed E-state index contributed by atoms with van der Waals surface area (Å²) in [6, 6.07) is 3.74. The average molecular weight is 368 g/mol. The molecular weight excluding hydrogens is 358 g/mol. The van der Waals surface area contributed by atoms with Gasteiger partial charge in [0, 0.05) is 17.3 Å². The molecule has 2 rings (SSSR count). The summed E-state index contributed by atoms with van der Waals surface area (Å²) in [5, 5.41) is 30.2. The molecule has 1 aromatic carbocycles. The van der Waals surface area contributed by atoms with Crippen LogP contribution in [0.5, 0.6) is 5.75 Å². The molecule has 0 saturated carbocycles. The Morgan fingerprint density at radius 3 is 2.91 bits per heavy atom. The number of aromatic amines is 1. The van der Waals surface area contributed by atoms with Crippen LogP contribution in [-0.4, -0.2) is 32.3 Å². The monoisotopic (exact) mass is 367 g/mol. The third kappa shape index (κ3) is 3.28. The molecule has 0 aliphatic rings. The summed E-state index contributed by atoms with van der Waals surface area (Å²) < 4.78 is 0.528. The number of halogens is 1. The summed E-state index contributed by atoms with van der Waals surface area (Å²) in [4.78, 5) is 21.8. The smallest absolute Gasteiger partial charge is 0.311 e. The van der Waals surface area contributed by atoms with Crippen molar-refractivity contribution in [1.82, 2.24) is 15.6 Å². The van der Waals surface area contributed by atoms with E-state index in [2.05, 4.69) is 36.7 Å². The van der Waals surface area contributed by atoms with Crippen LogP contribution in [0.15, 0.2) is 27.8 Å². The number of rotatable bonds is 4. The van der Waals surface area contributed by atoms with Crippen molar-refractivity contribution in [3.05, 3.63) is 49.7 Å². The molecule has 10 heteroatoms. The molecule has 0 aliphatic heterocycles. The summed E-state index contributed by atoms with van der Waals surface area (Å²) in [6.07, 6.45) is 1.22. The number of aromatic hydroxyl groups is 1. The SMILES string of the molecule is Cc1[nH]nc(C(=O)N/N=C/c2ccc(O)c([N+](=O)[O-])c2)c1Br. The standard InChI is InChI=1S/C12H10BrN5O4/c1-6-10(13)11(16-15-6)12(20)17-14-5-7-2-3-9(19)8(4-7)18(21)22/h2-5,19H,1H3,(H,15,16)(H,17,20)/b14-5+. The lowest BCUT2D eigenvalue weighted by Crippen LogP contribution is -2.18. The van der Waals surface area contributed by atoms with E-state index in [1.165, 1.54) is 18.3 Å². The molecule has 0 bridgehead atoms. The molecule has 22 heavy (non-hydrogen) atoms. The van der Waals surface area contributed by atoms with Crippen molar-refractivity contribution in [3.63, 3.8) is 0 Å². The number of aryl methyl sites for hydroxylation is 1. The molecule has 0 fully saturated rings. The van der Waals surface area contributed by atoms with Crippen LogP contribution < -0.4 is 5.43 Å². The first-order valence-electron chi connectivity index (χ1n) is 5.91. The van der Waals surface area contributed by atoms with E-state index < -0.39 is 22.3 Å². The minimum Gasteiger partial charge on any atom is -0.502 e. The molecule has 1 amide bonds. The third-order valence-corrected chi connectivity index (χ3v) is 3.63. The first-order chi connectivity index (χ1) is 10.4. The Morgan fingerprint density at radius 2 is 2.32 bits per heavy atom. The third-order valence-electron chi connectivity index (χ3n) is 2.66. The Labute approximate surface area is 132 Å². The number of hydrogen-bond acceptors (Lipinski definition) is 6. The van der Waals surface area contributed by atoms with Gasteiger partial charge >= 0.3 is 5.69 Å². The van der Waals surface area contributed by atoms with Crippen molar-refractivity contribution in [2.45, 2.75) is 6.92 Å². The van der Waals surface area contributed by atoms with Crippen LogP contribution in [-0.2, 0) is 0 Å². The minimum absolute atomic E-state index is 0.145. The van der Waals surface area contributed by atoms with Gasteiger partial charge in [-0.15, -0.1) is 0 Å². The summed E-state index contributed by atoms with van der Waals surface area (Å²) in [6.45, 7) is 1.74. The van der Waals surface area contributed by atoms with E-state index in [4.69, 9.17) is 0 Å². The van der Waals surface area contributed by atoms with E-state index in [1.807, 2.05) is 0 Å². The van der Waals surface area contributed by atoms with E-state index in [-0.39, 0.29) is 5.69 Å². The molecule has 1 aromatic heterocycles. The summed E-state index contributed by atoms with van der Waals surface area (Å²) in [5.74, 6) is -0.983. The second kappa shape index (κ2) is 6.35. The van der Waals surface area contributed by atoms with Crippen LogP contribution in [0, 0.1) is 17.0 Å². The van der Waals surface area contributed by atoms with E-state index in [0.29, 0.717) is 15.7 Å². The normalized spacial score (nSPS) is 10.8. The fourth-order valence-corrected chi connectivity index (χ4v) is 1.91. The number of hydrazone groups is 1. The molecule has 0 atom stereocenters. The number of nitrogens with one attached hydrogen (secondary N) is 2. The van der Waals surface area contributed by atoms with Gasteiger partial charge in [0.1, 0.15) is 0 Å². The maximum atomic E-state index is 11.8. The number of nitro benzene ring substituents is 1. The lowest BCUT2D eigenvalue weighted by atomic mass is 10.2. The van der Waals surface area contributed by atoms with Crippen molar-refractivity contribution >= 4 is 33.7 Å². The van der Waals surface area contributed by atoms with Crippen molar-refractivity contribution < 1.29 is 14.8 Å². The Balaban J connectivity index is 2.10. The van der Waals surface area contributed by atoms with Gasteiger partial charge in [-0.25, -0.2) is 5.43 Å². The van der Waals surface area contributed by atoms with Crippen LogP contribution >= 0.6 is 15.9 Å². The van der Waals surface area contributed by atoms with E-state index >= 15 is 0 Å². The number of nitrogens with zero attached hydrogens (tertiary/aromatic N) is 3. The fourth-order valence-electron chi connectivity index (χ4n) is 1.55. The number of amides is 1. The average Bonchev–Trinajstić information content (AvgIpc) is 2.80. The zero-order valence-corrected chi connectivity index (χ0v) is 12.8. The molecule has 0 unspecified atom stereocenters. The number of H-pyrrole nitrogens is 1. The van der Waals surface area contributed by atoms with E-state index in [0.717, 1.165) is 6.07 Å². The number of carbonyl (C=O) groups excluding carboxylic acids is 1. The summed E-state index contributed by atoms with van der Waals surface area (Å²) in [5.41, 5.74) is 3.00. The predicted molar refractivity (Wildman–Crippen MR) is 80.8 cm³/mol. The van der Waals surface area contributed by atoms with Gasteiger partial charge in [-0.2, -0.15) is 10.2 Å². The zero-order valence-electron chi connectivity index (χ0n) is 11.2. The number of phenols is 1. The highest BCUT2D eigenvalue weighted by Crippen LogP contribution is 2.25. The van der Waals surface area contributed by atoms with Gasteiger partial charge in [-0.05, 0) is 35.0 Å². The number of phenolic OH excluding ortho intramolecular Hbond substituents is 1. The quantitative estimate of drug-likeness (QED) is 0.430. The Kier molecular flexibility index (Phi) is 4.51. The zero-order chi connectivity index (χ0) is 16.3. The topological polar surface area (TPSA) is 134 Å². The van der Waals surface area contributed by atoms with Crippen molar-refractivity contribution in [2.24, 2.45) is 5.10 Å². The molecular formula is C12H10BrN5O4. The highest BCUT2D eigenvalue weighted by molar-refractivity contribution is 9.10. The Bertz CT molecular complexity index is 771. The maximum absolute atomic E-state index is 11.8. The predicted octanol–water partition coefficient (Wildman–Crippen LogP) is 1.86. The lowest BCUT2D eigenvalue weighted by Gasteiger charge is -1.98. The molecule has 1 heterocycles. The second-order valence-electron chi connectivity index (χ2n) is 4.22. The van der Waals surface area contributed by atoms with Crippen LogP contribution in [0.4, 0.5) is 5.69 Å². The number of nitro groups is 1. The molecule has 0 aliphatic carbocycles. The molecule has 2 aromatic rings. The first kappa shape index (κ1) is 15.6. The fraction of sp³-hybridized carbons (Fsp3) is 0.0833. The van der Waals surface area contributed by atoms with Crippen LogP contribution in [0.2, 0.25) is 0 Å². The van der Waals surface area contributed by atoms with Crippen molar-refractivity contribution in [2.75, 3.05) is 0 Å². The van der Waals surface area contributed by atoms with Crippen molar-refractivity contribution in [3.8, 4) is 5.75 Å². The second-order valence-corrected chi connectivity index (χ2v) is 5.01. The van der Waals surface area contributed by atoms with Crippen LogP contribution in [0.1, 0.15) is 21.7 Å². The molecule has 0 radical (unpaired) electrons. The van der Waals surface area contributed by atoms with Gasteiger partial charge in [-0.3, -0.25) is 20.0 Å². The molecule has 0 spiro atoms. The highest BCUT2D eigenvalue weighted by atomic mass is 79.9. The van der Waals surface area contributed by atoms with E-state index in [9.17, 15) is 20.0 Å². The van der Waals surface area contributed by atoms with Gasteiger partial charge in [0.15, 0.2) is 11.4 Å². The van der Waals surface area contributed by atoms with Gasteiger partial charge in [0.2, 0.25) is 0 Å². The van der Waals surface area contributed by atoms with E-state index in [1.54, 1.807) is 6.92 Å². The van der Waals surface area contributed by atoms with Gasteiger partial charge < -0.3 is 5.11 Å². The highest BCUT2D eigenvalue weighted by Gasteiger charge is 2.15. The lowest BCUT2D eigenvalue weighted by molar-refractivity contribution is -0.385. The minimum atomic E-state index is -0.713. The molecule has 0 saturated heterocycles. The van der Waals surface area contributed by atoms with Crippen LogP contribution in [0.3, 0.4) is 0 Å². The largest absolute Gasteiger partial charge is 0.502 e. The number of hydrogen-bond donors (Lipinski definition) is 3. The first-order valence-corrected chi connectivity index (χ1v) is 6.70. The number of carbonyl (C=O) groups is 1. The Hall–Kier alpha value is -2.75. The van der Waals surface area contributed by atoms with Gasteiger partial charge in [0.25, 0.3) is 5.91 Å². The molecule has 114 valence electrons. The van der Waals surface area contributed by atoms with Crippen LogP contribution in [0.25, 0.3) is 0 Å². The summed E-state index contributed by atoms with van der Waals surface area (Å²) in [7, 11) is 0.